The van der Waals surface area contributed by atoms with Gasteiger partial charge in [-0.3, -0.25) is 4.79 Å². The van der Waals surface area contributed by atoms with E-state index in [9.17, 15) is 4.79 Å². The van der Waals surface area contributed by atoms with Gasteiger partial charge in [-0.05, 0) is 23.8 Å². The van der Waals surface area contributed by atoms with Gasteiger partial charge in [-0.15, -0.1) is 11.3 Å². The van der Waals surface area contributed by atoms with E-state index >= 15 is 0 Å². The van der Waals surface area contributed by atoms with Crippen LogP contribution in [0.2, 0.25) is 0 Å². The van der Waals surface area contributed by atoms with Gasteiger partial charge in [0.15, 0.2) is 11.5 Å². The Morgan fingerprint density at radius 1 is 0.962 bits per heavy atom. The molecule has 4 rings (SSSR count). The maximum Gasteiger partial charge on any atom is 0.260 e. The molecule has 4 aromatic rings. The summed E-state index contributed by atoms with van der Waals surface area (Å²) in [7, 11) is 3.16. The number of hydrogen-bond donors (Lipinski definition) is 1. The minimum atomic E-state index is -0.153. The lowest BCUT2D eigenvalue weighted by Crippen LogP contribution is -2.09. The molecule has 26 heavy (non-hydrogen) atoms. The zero-order valence-electron chi connectivity index (χ0n) is 14.3. The highest BCUT2D eigenvalue weighted by atomic mass is 32.1. The van der Waals surface area contributed by atoms with E-state index in [0.717, 1.165) is 16.7 Å². The fourth-order valence-corrected chi connectivity index (χ4v) is 3.85. The third-order valence-corrected chi connectivity index (χ3v) is 5.06. The Morgan fingerprint density at radius 2 is 1.73 bits per heavy atom. The smallest absolute Gasteiger partial charge is 0.260 e. The van der Waals surface area contributed by atoms with Crippen LogP contribution in [0.25, 0.3) is 32.7 Å². The molecule has 0 spiro atoms. The summed E-state index contributed by atoms with van der Waals surface area (Å²) in [6.07, 6.45) is 0. The maximum atomic E-state index is 12.8. The number of hydrogen-bond acceptors (Lipinski definition) is 5. The van der Waals surface area contributed by atoms with E-state index in [0.29, 0.717) is 27.5 Å². The molecule has 0 saturated heterocycles. The molecule has 0 unspecified atom stereocenters. The van der Waals surface area contributed by atoms with Gasteiger partial charge in [0, 0.05) is 16.5 Å². The fourth-order valence-electron chi connectivity index (χ4n) is 2.90. The van der Waals surface area contributed by atoms with Crippen molar-refractivity contribution >= 4 is 21.6 Å². The number of aromatic nitrogens is 2. The van der Waals surface area contributed by atoms with Gasteiger partial charge in [-0.25, -0.2) is 4.98 Å². The number of methoxy groups -OCH3 is 2. The summed E-state index contributed by atoms with van der Waals surface area (Å²) in [6, 6.07) is 15.3. The zero-order chi connectivity index (χ0) is 18.1. The van der Waals surface area contributed by atoms with Gasteiger partial charge in [0.1, 0.15) is 10.7 Å². The number of nitrogens with zero attached hydrogens (tertiary/aromatic N) is 1. The Bertz CT molecular complexity index is 1130. The van der Waals surface area contributed by atoms with Crippen LogP contribution < -0.4 is 15.0 Å². The minimum absolute atomic E-state index is 0.153. The molecule has 0 aliphatic rings. The Hall–Kier alpha value is -3.12. The summed E-state index contributed by atoms with van der Waals surface area (Å²) in [5, 5.41) is 2.59. The van der Waals surface area contributed by atoms with Gasteiger partial charge in [0.25, 0.3) is 5.56 Å². The minimum Gasteiger partial charge on any atom is -0.493 e. The molecular weight excluding hydrogens is 348 g/mol. The lowest BCUT2D eigenvalue weighted by Gasteiger charge is -2.09. The first-order valence-electron chi connectivity index (χ1n) is 8.00. The summed E-state index contributed by atoms with van der Waals surface area (Å²) in [5.74, 6) is 1.72. The molecule has 0 aliphatic heterocycles. The van der Waals surface area contributed by atoms with Crippen molar-refractivity contribution in [2.24, 2.45) is 0 Å². The molecule has 0 bridgehead atoms. The number of rotatable bonds is 4. The topological polar surface area (TPSA) is 64.2 Å². The Morgan fingerprint density at radius 3 is 2.46 bits per heavy atom. The third kappa shape index (κ3) is 2.74. The van der Waals surface area contributed by atoms with Crippen LogP contribution in [0.4, 0.5) is 0 Å². The number of benzene rings is 2. The van der Waals surface area contributed by atoms with E-state index in [1.54, 1.807) is 26.4 Å². The largest absolute Gasteiger partial charge is 0.493 e. The Labute approximate surface area is 153 Å². The molecular formula is C20H16N2O3S. The first-order valence-corrected chi connectivity index (χ1v) is 8.88. The number of fused-ring (bicyclic) bond motifs is 1. The average Bonchev–Trinajstić information content (AvgIpc) is 3.12. The quantitative estimate of drug-likeness (QED) is 0.585. The molecule has 6 heteroatoms. The van der Waals surface area contributed by atoms with Crippen molar-refractivity contribution < 1.29 is 9.47 Å². The van der Waals surface area contributed by atoms with Gasteiger partial charge >= 0.3 is 0 Å². The average molecular weight is 364 g/mol. The summed E-state index contributed by atoms with van der Waals surface area (Å²) in [5.41, 5.74) is 2.51. The summed E-state index contributed by atoms with van der Waals surface area (Å²) in [4.78, 5) is 21.0. The molecule has 2 aromatic heterocycles. The van der Waals surface area contributed by atoms with Crippen LogP contribution in [0.1, 0.15) is 0 Å². The van der Waals surface area contributed by atoms with Crippen molar-refractivity contribution in [1.29, 1.82) is 0 Å². The second-order valence-corrected chi connectivity index (χ2v) is 6.54. The molecule has 130 valence electrons. The lowest BCUT2D eigenvalue weighted by atomic mass is 10.1. The molecule has 0 saturated carbocycles. The predicted octanol–water partition coefficient (Wildman–Crippen LogP) is 4.34. The van der Waals surface area contributed by atoms with E-state index < -0.39 is 0 Å². The van der Waals surface area contributed by atoms with Crippen molar-refractivity contribution in [2.45, 2.75) is 0 Å². The molecule has 2 heterocycles. The number of H-pyrrole nitrogens is 1. The SMILES string of the molecule is COc1ccc(-c2nc3scc(-c4ccccc4)c3c(=O)[nH]2)cc1OC. The van der Waals surface area contributed by atoms with E-state index in [1.807, 2.05) is 41.8 Å². The highest BCUT2D eigenvalue weighted by Gasteiger charge is 2.14. The van der Waals surface area contributed by atoms with Crippen LogP contribution in [0.15, 0.2) is 58.7 Å². The van der Waals surface area contributed by atoms with Gasteiger partial charge < -0.3 is 14.5 Å². The first-order chi connectivity index (χ1) is 12.7. The number of aromatic amines is 1. The number of nitrogens with one attached hydrogen (secondary N) is 1. The normalized spacial score (nSPS) is 10.8. The second kappa shape index (κ2) is 6.65. The van der Waals surface area contributed by atoms with Crippen LogP contribution in [0.5, 0.6) is 11.5 Å². The van der Waals surface area contributed by atoms with Crippen LogP contribution in [0, 0.1) is 0 Å². The summed E-state index contributed by atoms with van der Waals surface area (Å²) in [6.45, 7) is 0. The second-order valence-electron chi connectivity index (χ2n) is 5.68. The number of ether oxygens (including phenoxy) is 2. The number of thiophene rings is 1. The van der Waals surface area contributed by atoms with Crippen molar-refractivity contribution in [2.75, 3.05) is 14.2 Å². The van der Waals surface area contributed by atoms with Gasteiger partial charge in [0.2, 0.25) is 0 Å². The van der Waals surface area contributed by atoms with Gasteiger partial charge in [-0.1, -0.05) is 30.3 Å². The van der Waals surface area contributed by atoms with Gasteiger partial charge in [-0.2, -0.15) is 0 Å². The predicted molar refractivity (Wildman–Crippen MR) is 104 cm³/mol. The van der Waals surface area contributed by atoms with E-state index in [2.05, 4.69) is 9.97 Å². The van der Waals surface area contributed by atoms with E-state index in [1.165, 1.54) is 11.3 Å². The van der Waals surface area contributed by atoms with Crippen molar-refractivity contribution in [1.82, 2.24) is 9.97 Å². The zero-order valence-corrected chi connectivity index (χ0v) is 15.1. The molecule has 5 nitrogen and oxygen atoms in total. The lowest BCUT2D eigenvalue weighted by molar-refractivity contribution is 0.355. The molecule has 0 radical (unpaired) electrons. The summed E-state index contributed by atoms with van der Waals surface area (Å²) >= 11 is 1.46. The molecule has 1 N–H and O–H groups in total. The standard InChI is InChI=1S/C20H16N2O3S/c1-24-15-9-8-13(10-16(15)25-2)18-21-19(23)17-14(11-26-20(17)22-18)12-6-4-3-5-7-12/h3-11H,1-2H3,(H,21,22,23). The molecule has 0 aliphatic carbocycles. The third-order valence-electron chi connectivity index (χ3n) is 4.19. The monoisotopic (exact) mass is 364 g/mol. The van der Waals surface area contributed by atoms with Crippen LogP contribution in [0.3, 0.4) is 0 Å². The van der Waals surface area contributed by atoms with Crippen LogP contribution >= 0.6 is 11.3 Å². The maximum absolute atomic E-state index is 12.8. The van der Waals surface area contributed by atoms with Crippen molar-refractivity contribution in [3.63, 3.8) is 0 Å². The first kappa shape index (κ1) is 16.4. The molecule has 0 atom stereocenters. The Balaban J connectivity index is 1.86. The van der Waals surface area contributed by atoms with E-state index in [4.69, 9.17) is 9.47 Å². The highest BCUT2D eigenvalue weighted by Crippen LogP contribution is 2.33. The van der Waals surface area contributed by atoms with Crippen molar-refractivity contribution in [3.05, 3.63) is 64.3 Å². The molecule has 0 fully saturated rings. The fraction of sp³-hybridized carbons (Fsp3) is 0.100. The van der Waals surface area contributed by atoms with Crippen molar-refractivity contribution in [3.8, 4) is 34.0 Å². The highest BCUT2D eigenvalue weighted by molar-refractivity contribution is 7.17. The van der Waals surface area contributed by atoms with Crippen LogP contribution in [-0.4, -0.2) is 24.2 Å². The van der Waals surface area contributed by atoms with Crippen LogP contribution in [-0.2, 0) is 0 Å². The van der Waals surface area contributed by atoms with Gasteiger partial charge in [0.05, 0.1) is 19.6 Å². The Kier molecular flexibility index (Phi) is 4.18. The molecule has 0 amide bonds. The molecule has 2 aromatic carbocycles. The van der Waals surface area contributed by atoms with E-state index in [-0.39, 0.29) is 5.56 Å². The summed E-state index contributed by atoms with van der Waals surface area (Å²) < 4.78 is 10.6.